The van der Waals surface area contributed by atoms with Crippen LogP contribution in [0, 0.1) is 13.8 Å². The molecule has 1 aromatic heterocycles. The van der Waals surface area contributed by atoms with E-state index in [9.17, 15) is 0 Å². The zero-order chi connectivity index (χ0) is 13.9. The van der Waals surface area contributed by atoms with Gasteiger partial charge in [-0.2, -0.15) is 4.98 Å². The Balaban J connectivity index is 1.79. The average molecular weight is 273 g/mol. The van der Waals surface area contributed by atoms with Crippen LogP contribution in [0.25, 0.3) is 0 Å². The van der Waals surface area contributed by atoms with Crippen LogP contribution in [-0.2, 0) is 11.3 Å². The topological polar surface area (TPSA) is 51.4 Å². The first kappa shape index (κ1) is 13.3. The summed E-state index contributed by atoms with van der Waals surface area (Å²) in [6.45, 7) is 7.05. The van der Waals surface area contributed by atoms with Gasteiger partial charge in [-0.1, -0.05) is 35.0 Å². The van der Waals surface area contributed by atoms with Crippen molar-refractivity contribution in [3.63, 3.8) is 0 Å². The van der Waals surface area contributed by atoms with E-state index in [4.69, 9.17) is 9.26 Å². The molecule has 106 valence electrons. The second-order valence-corrected chi connectivity index (χ2v) is 5.22. The summed E-state index contributed by atoms with van der Waals surface area (Å²) in [6, 6.07) is 8.65. The molecule has 2 heterocycles. The maximum absolute atomic E-state index is 5.57. The quantitative estimate of drug-likeness (QED) is 0.858. The van der Waals surface area contributed by atoms with Crippen molar-refractivity contribution in [3.8, 4) is 0 Å². The molecule has 0 saturated carbocycles. The Morgan fingerprint density at radius 2 is 2.25 bits per heavy atom. The average Bonchev–Trinajstić information content (AvgIpc) is 2.86. The van der Waals surface area contributed by atoms with Gasteiger partial charge in [0, 0.05) is 20.0 Å². The van der Waals surface area contributed by atoms with Crippen LogP contribution in [0.15, 0.2) is 28.8 Å². The fourth-order valence-electron chi connectivity index (χ4n) is 2.56. The van der Waals surface area contributed by atoms with E-state index in [1.807, 2.05) is 6.92 Å². The standard InChI is InChI=1S/C15H19N3O2/c1-11-4-3-5-13(8-11)9-18-6-7-19-10-14(18)15-16-12(2)20-17-15/h3-5,8,14H,6-7,9-10H2,1-2H3. The smallest absolute Gasteiger partial charge is 0.223 e. The van der Waals surface area contributed by atoms with E-state index >= 15 is 0 Å². The number of ether oxygens (including phenoxy) is 1. The summed E-state index contributed by atoms with van der Waals surface area (Å²) in [4.78, 5) is 6.69. The van der Waals surface area contributed by atoms with Gasteiger partial charge < -0.3 is 9.26 Å². The third-order valence-electron chi connectivity index (χ3n) is 3.55. The van der Waals surface area contributed by atoms with Crippen LogP contribution in [-0.4, -0.2) is 34.8 Å². The maximum atomic E-state index is 5.57. The van der Waals surface area contributed by atoms with Gasteiger partial charge in [0.1, 0.15) is 0 Å². The molecule has 0 bridgehead atoms. The minimum Gasteiger partial charge on any atom is -0.378 e. The monoisotopic (exact) mass is 273 g/mol. The lowest BCUT2D eigenvalue weighted by Crippen LogP contribution is -2.39. The van der Waals surface area contributed by atoms with Crippen molar-refractivity contribution in [3.05, 3.63) is 47.1 Å². The summed E-state index contributed by atoms with van der Waals surface area (Å²) in [7, 11) is 0. The largest absolute Gasteiger partial charge is 0.378 e. The molecule has 1 fully saturated rings. The van der Waals surface area contributed by atoms with Crippen LogP contribution in [0.5, 0.6) is 0 Å². The summed E-state index contributed by atoms with van der Waals surface area (Å²) in [5, 5.41) is 4.04. The van der Waals surface area contributed by atoms with E-state index < -0.39 is 0 Å². The SMILES string of the molecule is Cc1cccc(CN2CCOCC2c2noc(C)n2)c1. The second-order valence-electron chi connectivity index (χ2n) is 5.22. The third kappa shape index (κ3) is 2.89. The van der Waals surface area contributed by atoms with Crippen molar-refractivity contribution in [1.29, 1.82) is 0 Å². The Morgan fingerprint density at radius 1 is 1.35 bits per heavy atom. The normalized spacial score (nSPS) is 20.2. The highest BCUT2D eigenvalue weighted by Gasteiger charge is 2.28. The molecule has 3 rings (SSSR count). The summed E-state index contributed by atoms with van der Waals surface area (Å²) in [6.07, 6.45) is 0. The van der Waals surface area contributed by atoms with Crippen LogP contribution < -0.4 is 0 Å². The number of hydrogen-bond donors (Lipinski definition) is 0. The lowest BCUT2D eigenvalue weighted by atomic mass is 10.1. The molecule has 1 aliphatic heterocycles. The molecule has 1 atom stereocenters. The van der Waals surface area contributed by atoms with E-state index in [2.05, 4.69) is 46.2 Å². The Kier molecular flexibility index (Phi) is 3.80. The summed E-state index contributed by atoms with van der Waals surface area (Å²) < 4.78 is 10.7. The van der Waals surface area contributed by atoms with E-state index in [0.717, 1.165) is 25.5 Å². The van der Waals surface area contributed by atoms with Crippen molar-refractivity contribution < 1.29 is 9.26 Å². The molecule has 5 nitrogen and oxygen atoms in total. The maximum Gasteiger partial charge on any atom is 0.223 e. The fourth-order valence-corrected chi connectivity index (χ4v) is 2.56. The second kappa shape index (κ2) is 5.73. The molecule has 1 unspecified atom stereocenters. The van der Waals surface area contributed by atoms with E-state index in [-0.39, 0.29) is 6.04 Å². The van der Waals surface area contributed by atoms with Gasteiger partial charge in [0.05, 0.1) is 19.3 Å². The number of aryl methyl sites for hydroxylation is 2. The van der Waals surface area contributed by atoms with Gasteiger partial charge in [0.15, 0.2) is 5.82 Å². The number of rotatable bonds is 3. The zero-order valence-corrected chi connectivity index (χ0v) is 11.9. The minimum atomic E-state index is 0.0710. The Labute approximate surface area is 118 Å². The molecule has 5 heteroatoms. The molecule has 0 N–H and O–H groups in total. The molecule has 1 saturated heterocycles. The minimum absolute atomic E-state index is 0.0710. The Morgan fingerprint density at radius 3 is 3.00 bits per heavy atom. The first-order valence-electron chi connectivity index (χ1n) is 6.90. The zero-order valence-electron chi connectivity index (χ0n) is 11.9. The molecule has 0 aliphatic carbocycles. The number of nitrogens with zero attached hydrogens (tertiary/aromatic N) is 3. The predicted octanol–water partition coefficient (Wildman–Crippen LogP) is 2.26. The Hall–Kier alpha value is -1.72. The number of morpholine rings is 1. The van der Waals surface area contributed by atoms with Crippen LogP contribution in [0.4, 0.5) is 0 Å². The van der Waals surface area contributed by atoms with Gasteiger partial charge in [-0.25, -0.2) is 0 Å². The number of hydrogen-bond acceptors (Lipinski definition) is 5. The number of aromatic nitrogens is 2. The highest BCUT2D eigenvalue weighted by Crippen LogP contribution is 2.24. The van der Waals surface area contributed by atoms with Gasteiger partial charge in [0.25, 0.3) is 0 Å². The highest BCUT2D eigenvalue weighted by atomic mass is 16.5. The van der Waals surface area contributed by atoms with Gasteiger partial charge >= 0.3 is 0 Å². The molecular formula is C15H19N3O2. The molecule has 0 spiro atoms. The summed E-state index contributed by atoms with van der Waals surface area (Å²) in [5.41, 5.74) is 2.58. The van der Waals surface area contributed by atoms with Crippen LogP contribution in [0.3, 0.4) is 0 Å². The van der Waals surface area contributed by atoms with Crippen molar-refractivity contribution in [2.45, 2.75) is 26.4 Å². The van der Waals surface area contributed by atoms with Crippen molar-refractivity contribution in [2.75, 3.05) is 19.8 Å². The molecular weight excluding hydrogens is 254 g/mol. The lowest BCUT2D eigenvalue weighted by Gasteiger charge is -2.33. The van der Waals surface area contributed by atoms with Crippen molar-refractivity contribution in [1.82, 2.24) is 15.0 Å². The van der Waals surface area contributed by atoms with Crippen LogP contribution in [0.1, 0.15) is 28.9 Å². The van der Waals surface area contributed by atoms with Crippen LogP contribution >= 0.6 is 0 Å². The van der Waals surface area contributed by atoms with Crippen molar-refractivity contribution in [2.24, 2.45) is 0 Å². The molecule has 2 aromatic rings. The summed E-state index contributed by atoms with van der Waals surface area (Å²) >= 11 is 0. The van der Waals surface area contributed by atoms with Gasteiger partial charge in [-0.05, 0) is 12.5 Å². The molecule has 1 aliphatic rings. The highest BCUT2D eigenvalue weighted by molar-refractivity contribution is 5.22. The molecule has 0 radical (unpaired) electrons. The van der Waals surface area contributed by atoms with E-state index in [1.165, 1.54) is 11.1 Å². The van der Waals surface area contributed by atoms with Gasteiger partial charge in [-0.15, -0.1) is 0 Å². The van der Waals surface area contributed by atoms with E-state index in [0.29, 0.717) is 12.5 Å². The molecule has 20 heavy (non-hydrogen) atoms. The predicted molar refractivity (Wildman–Crippen MR) is 74.2 cm³/mol. The molecule has 1 aromatic carbocycles. The lowest BCUT2D eigenvalue weighted by molar-refractivity contribution is -0.0166. The number of benzene rings is 1. The summed E-state index contributed by atoms with van der Waals surface area (Å²) in [5.74, 6) is 1.32. The first-order chi connectivity index (χ1) is 9.72. The fraction of sp³-hybridized carbons (Fsp3) is 0.467. The van der Waals surface area contributed by atoms with Crippen molar-refractivity contribution >= 4 is 0 Å². The van der Waals surface area contributed by atoms with Crippen LogP contribution in [0.2, 0.25) is 0 Å². The molecule has 0 amide bonds. The van der Waals surface area contributed by atoms with Gasteiger partial charge in [0.2, 0.25) is 5.89 Å². The Bertz CT molecular complexity index is 582. The third-order valence-corrected chi connectivity index (χ3v) is 3.55. The van der Waals surface area contributed by atoms with Gasteiger partial charge in [-0.3, -0.25) is 4.90 Å². The van der Waals surface area contributed by atoms with E-state index in [1.54, 1.807) is 0 Å². The first-order valence-corrected chi connectivity index (χ1v) is 6.90.